The molecule has 5 rings (SSSR count). The summed E-state index contributed by atoms with van der Waals surface area (Å²) in [6.45, 7) is 3.97. The van der Waals surface area contributed by atoms with E-state index in [0.717, 1.165) is 23.3 Å². The number of rotatable bonds is 6. The van der Waals surface area contributed by atoms with E-state index in [0.29, 0.717) is 11.3 Å². The van der Waals surface area contributed by atoms with Crippen LogP contribution in [0.5, 0.6) is 5.75 Å². The van der Waals surface area contributed by atoms with Crippen LogP contribution in [0.4, 0.5) is 0 Å². The van der Waals surface area contributed by atoms with Gasteiger partial charge in [-0.25, -0.2) is 0 Å². The maximum atomic E-state index is 12.5. The Balaban J connectivity index is 1.38. The van der Waals surface area contributed by atoms with Gasteiger partial charge in [0, 0.05) is 6.04 Å². The zero-order chi connectivity index (χ0) is 19.2. The fourth-order valence-electron chi connectivity index (χ4n) is 6.24. The van der Waals surface area contributed by atoms with Gasteiger partial charge in [0.1, 0.15) is 5.75 Å². The van der Waals surface area contributed by atoms with E-state index in [4.69, 9.17) is 10.5 Å². The lowest BCUT2D eigenvalue weighted by Gasteiger charge is -2.59. The predicted octanol–water partition coefficient (Wildman–Crippen LogP) is 3.19. The number of hydrogen-bond donors (Lipinski definition) is 2. The normalized spacial score (nSPS) is 32.1. The first-order chi connectivity index (χ1) is 12.8. The van der Waals surface area contributed by atoms with Gasteiger partial charge >= 0.3 is 0 Å². The Hall–Kier alpha value is -2.04. The minimum atomic E-state index is -0.549. The van der Waals surface area contributed by atoms with Gasteiger partial charge in [0.2, 0.25) is 0 Å². The SMILES string of the molecule is Cc1ccc(C(N)=O)c(OCC(=O)N[C@H](C)C23CC4CC(CC(C4)C2)C3)c1. The van der Waals surface area contributed by atoms with Crippen LogP contribution in [-0.2, 0) is 4.79 Å². The molecule has 4 saturated carbocycles. The highest BCUT2D eigenvalue weighted by Crippen LogP contribution is 2.61. The van der Waals surface area contributed by atoms with Gasteiger partial charge in [-0.2, -0.15) is 0 Å². The summed E-state index contributed by atoms with van der Waals surface area (Å²) in [6, 6.07) is 5.36. The summed E-state index contributed by atoms with van der Waals surface area (Å²) >= 11 is 0. The molecule has 3 N–H and O–H groups in total. The Morgan fingerprint density at radius 3 is 2.33 bits per heavy atom. The molecule has 1 aromatic carbocycles. The highest BCUT2D eigenvalue weighted by Gasteiger charge is 2.53. The molecule has 4 bridgehead atoms. The summed E-state index contributed by atoms with van der Waals surface area (Å²) in [5.41, 5.74) is 6.94. The molecule has 0 aromatic heterocycles. The molecular formula is C22H30N2O3. The molecule has 146 valence electrons. The topological polar surface area (TPSA) is 81.4 Å². The predicted molar refractivity (Wildman–Crippen MR) is 103 cm³/mol. The number of carbonyl (C=O) groups excluding carboxylic acids is 2. The van der Waals surface area contributed by atoms with Gasteiger partial charge in [-0.15, -0.1) is 0 Å². The molecule has 0 saturated heterocycles. The van der Waals surface area contributed by atoms with Crippen molar-refractivity contribution in [2.45, 2.75) is 58.4 Å². The third-order valence-corrected chi connectivity index (χ3v) is 7.14. The Labute approximate surface area is 161 Å². The molecule has 1 atom stereocenters. The first-order valence-corrected chi connectivity index (χ1v) is 10.2. The summed E-state index contributed by atoms with van der Waals surface area (Å²) in [6.07, 6.45) is 7.95. The second-order valence-electron chi connectivity index (χ2n) is 9.22. The second-order valence-corrected chi connectivity index (χ2v) is 9.22. The summed E-state index contributed by atoms with van der Waals surface area (Å²) in [5.74, 6) is 2.27. The van der Waals surface area contributed by atoms with Crippen LogP contribution in [-0.4, -0.2) is 24.5 Å². The van der Waals surface area contributed by atoms with Crippen molar-refractivity contribution in [2.75, 3.05) is 6.61 Å². The van der Waals surface area contributed by atoms with Gasteiger partial charge in [0.05, 0.1) is 5.56 Å². The number of primary amides is 1. The Morgan fingerprint density at radius 2 is 1.78 bits per heavy atom. The van der Waals surface area contributed by atoms with E-state index < -0.39 is 5.91 Å². The van der Waals surface area contributed by atoms with Crippen molar-refractivity contribution in [3.05, 3.63) is 29.3 Å². The molecule has 4 aliphatic rings. The van der Waals surface area contributed by atoms with E-state index in [1.54, 1.807) is 12.1 Å². The van der Waals surface area contributed by atoms with E-state index in [2.05, 4.69) is 12.2 Å². The lowest BCUT2D eigenvalue weighted by atomic mass is 9.48. The van der Waals surface area contributed by atoms with E-state index in [9.17, 15) is 9.59 Å². The molecular weight excluding hydrogens is 340 g/mol. The molecule has 4 aliphatic carbocycles. The van der Waals surface area contributed by atoms with Crippen LogP contribution in [0.2, 0.25) is 0 Å². The molecule has 5 nitrogen and oxygen atoms in total. The van der Waals surface area contributed by atoms with Gasteiger partial charge in [-0.1, -0.05) is 6.07 Å². The summed E-state index contributed by atoms with van der Waals surface area (Å²) in [4.78, 5) is 24.1. The summed E-state index contributed by atoms with van der Waals surface area (Å²) in [5, 5.41) is 3.19. The quantitative estimate of drug-likeness (QED) is 0.807. The molecule has 1 aromatic rings. The van der Waals surface area contributed by atoms with Gasteiger partial charge in [0.25, 0.3) is 11.8 Å². The highest BCUT2D eigenvalue weighted by molar-refractivity contribution is 5.95. The van der Waals surface area contributed by atoms with Crippen molar-refractivity contribution in [2.24, 2.45) is 28.9 Å². The largest absolute Gasteiger partial charge is 0.483 e. The minimum Gasteiger partial charge on any atom is -0.483 e. The van der Waals surface area contributed by atoms with Crippen LogP contribution in [0.15, 0.2) is 18.2 Å². The van der Waals surface area contributed by atoms with E-state index in [1.807, 2.05) is 13.0 Å². The van der Waals surface area contributed by atoms with Crippen molar-refractivity contribution in [3.63, 3.8) is 0 Å². The number of nitrogens with one attached hydrogen (secondary N) is 1. The van der Waals surface area contributed by atoms with Gasteiger partial charge in [0.15, 0.2) is 6.61 Å². The van der Waals surface area contributed by atoms with Crippen LogP contribution < -0.4 is 15.8 Å². The van der Waals surface area contributed by atoms with Crippen LogP contribution in [0, 0.1) is 30.1 Å². The molecule has 0 radical (unpaired) electrons. The standard InChI is InChI=1S/C22H30N2O3/c1-13-3-4-18(21(23)26)19(5-13)27-12-20(25)24-14(2)22-9-15-6-16(10-22)8-17(7-15)11-22/h3-5,14-17H,6-12H2,1-2H3,(H2,23,26)(H,24,25)/t14-,15?,16?,17?,22?/m1/s1. The fraction of sp³-hybridized carbons (Fsp3) is 0.636. The van der Waals surface area contributed by atoms with E-state index >= 15 is 0 Å². The molecule has 0 spiro atoms. The lowest BCUT2D eigenvalue weighted by Crippen LogP contribution is -2.56. The first kappa shape index (κ1) is 18.3. The summed E-state index contributed by atoms with van der Waals surface area (Å²) in [7, 11) is 0. The number of amides is 2. The van der Waals surface area contributed by atoms with Crippen LogP contribution in [0.25, 0.3) is 0 Å². The zero-order valence-electron chi connectivity index (χ0n) is 16.3. The molecule has 0 unspecified atom stereocenters. The minimum absolute atomic E-state index is 0.0968. The molecule has 5 heteroatoms. The smallest absolute Gasteiger partial charge is 0.258 e. The molecule has 27 heavy (non-hydrogen) atoms. The molecule has 2 amide bonds. The van der Waals surface area contributed by atoms with E-state index in [-0.39, 0.29) is 24.0 Å². The zero-order valence-corrected chi connectivity index (χ0v) is 16.3. The number of aryl methyl sites for hydroxylation is 1. The molecule has 0 aliphatic heterocycles. The Morgan fingerprint density at radius 1 is 1.19 bits per heavy atom. The van der Waals surface area contributed by atoms with Crippen molar-refractivity contribution in [1.82, 2.24) is 5.32 Å². The van der Waals surface area contributed by atoms with Gasteiger partial charge in [-0.3, -0.25) is 9.59 Å². The fourth-order valence-corrected chi connectivity index (χ4v) is 6.24. The van der Waals surface area contributed by atoms with Gasteiger partial charge < -0.3 is 15.8 Å². The number of hydrogen-bond acceptors (Lipinski definition) is 3. The lowest BCUT2D eigenvalue weighted by molar-refractivity contribution is -0.127. The number of benzene rings is 1. The highest BCUT2D eigenvalue weighted by atomic mass is 16.5. The maximum absolute atomic E-state index is 12.5. The van der Waals surface area contributed by atoms with Crippen LogP contribution in [0.1, 0.15) is 61.4 Å². The molecule has 4 fully saturated rings. The van der Waals surface area contributed by atoms with Crippen LogP contribution in [0.3, 0.4) is 0 Å². The monoisotopic (exact) mass is 370 g/mol. The van der Waals surface area contributed by atoms with Crippen molar-refractivity contribution in [3.8, 4) is 5.75 Å². The Kier molecular flexibility index (Phi) is 4.65. The van der Waals surface area contributed by atoms with E-state index in [1.165, 1.54) is 38.5 Å². The molecule has 0 heterocycles. The average Bonchev–Trinajstić information content (AvgIpc) is 2.58. The Bertz CT molecular complexity index is 723. The summed E-state index contributed by atoms with van der Waals surface area (Å²) < 4.78 is 5.65. The number of ether oxygens (including phenoxy) is 1. The maximum Gasteiger partial charge on any atom is 0.258 e. The van der Waals surface area contributed by atoms with Crippen molar-refractivity contribution in [1.29, 1.82) is 0 Å². The third-order valence-electron chi connectivity index (χ3n) is 7.14. The second kappa shape index (κ2) is 6.84. The van der Waals surface area contributed by atoms with Crippen molar-refractivity contribution >= 4 is 11.8 Å². The number of carbonyl (C=O) groups is 2. The average molecular weight is 370 g/mol. The first-order valence-electron chi connectivity index (χ1n) is 10.2. The van der Waals surface area contributed by atoms with Crippen LogP contribution >= 0.6 is 0 Å². The van der Waals surface area contributed by atoms with Crippen molar-refractivity contribution < 1.29 is 14.3 Å². The third kappa shape index (κ3) is 3.56. The number of nitrogens with two attached hydrogens (primary N) is 1. The van der Waals surface area contributed by atoms with Gasteiger partial charge in [-0.05, 0) is 93.2 Å².